The van der Waals surface area contributed by atoms with Crippen molar-refractivity contribution in [3.05, 3.63) is 41.1 Å². The van der Waals surface area contributed by atoms with Crippen LogP contribution in [0.1, 0.15) is 0 Å². The van der Waals surface area contributed by atoms with Gasteiger partial charge in [-0.1, -0.05) is 15.9 Å². The highest BCUT2D eigenvalue weighted by molar-refractivity contribution is 9.10. The van der Waals surface area contributed by atoms with Crippen molar-refractivity contribution < 1.29 is 0 Å². The summed E-state index contributed by atoms with van der Waals surface area (Å²) in [6.07, 6.45) is 3.67. The van der Waals surface area contributed by atoms with E-state index in [1.807, 2.05) is 42.1 Å². The molecular formula is C10H10BrN3. The number of nitrogens with one attached hydrogen (secondary N) is 1. The van der Waals surface area contributed by atoms with Crippen LogP contribution >= 0.6 is 15.9 Å². The predicted molar refractivity (Wildman–Crippen MR) is 60.6 cm³/mol. The SMILES string of the molecule is Cn1ccnc1Nc1ccc(Br)cc1. The van der Waals surface area contributed by atoms with Crippen molar-refractivity contribution in [2.75, 3.05) is 5.32 Å². The first-order chi connectivity index (χ1) is 6.75. The van der Waals surface area contributed by atoms with Crippen LogP contribution in [0.4, 0.5) is 11.6 Å². The summed E-state index contributed by atoms with van der Waals surface area (Å²) in [6.45, 7) is 0. The zero-order valence-corrected chi connectivity index (χ0v) is 9.32. The van der Waals surface area contributed by atoms with E-state index in [0.29, 0.717) is 0 Å². The molecule has 2 aromatic rings. The van der Waals surface area contributed by atoms with Gasteiger partial charge in [0, 0.05) is 29.6 Å². The molecule has 0 amide bonds. The van der Waals surface area contributed by atoms with Crippen LogP contribution in [0.25, 0.3) is 0 Å². The van der Waals surface area contributed by atoms with Gasteiger partial charge < -0.3 is 9.88 Å². The molecule has 0 aliphatic heterocycles. The van der Waals surface area contributed by atoms with Gasteiger partial charge in [0.15, 0.2) is 0 Å². The third-order valence-electron chi connectivity index (χ3n) is 1.92. The summed E-state index contributed by atoms with van der Waals surface area (Å²) >= 11 is 3.39. The Balaban J connectivity index is 2.19. The lowest BCUT2D eigenvalue weighted by atomic mass is 10.3. The molecule has 14 heavy (non-hydrogen) atoms. The summed E-state index contributed by atoms with van der Waals surface area (Å²) in [4.78, 5) is 4.17. The standard InChI is InChI=1S/C10H10BrN3/c1-14-7-6-12-10(14)13-9-4-2-8(11)3-5-9/h2-7H,1H3,(H,12,13). The summed E-state index contributed by atoms with van der Waals surface area (Å²) < 4.78 is 3.00. The number of benzene rings is 1. The summed E-state index contributed by atoms with van der Waals surface area (Å²) in [6, 6.07) is 7.98. The molecule has 0 radical (unpaired) electrons. The van der Waals surface area contributed by atoms with Crippen molar-refractivity contribution in [2.45, 2.75) is 0 Å². The lowest BCUT2D eigenvalue weighted by Gasteiger charge is -2.05. The van der Waals surface area contributed by atoms with Gasteiger partial charge in [0.1, 0.15) is 0 Å². The van der Waals surface area contributed by atoms with Crippen LogP contribution in [-0.4, -0.2) is 9.55 Å². The summed E-state index contributed by atoms with van der Waals surface area (Å²) in [5.74, 6) is 0.840. The van der Waals surface area contributed by atoms with Crippen molar-refractivity contribution >= 4 is 27.6 Å². The van der Waals surface area contributed by atoms with E-state index in [2.05, 4.69) is 26.2 Å². The van der Waals surface area contributed by atoms with Gasteiger partial charge in [0.2, 0.25) is 5.95 Å². The maximum atomic E-state index is 4.17. The first-order valence-corrected chi connectivity index (χ1v) is 5.05. The van der Waals surface area contributed by atoms with Crippen LogP contribution in [-0.2, 0) is 7.05 Å². The number of anilines is 2. The highest BCUT2D eigenvalue weighted by atomic mass is 79.9. The number of hydrogen-bond acceptors (Lipinski definition) is 2. The van der Waals surface area contributed by atoms with Crippen LogP contribution < -0.4 is 5.32 Å². The summed E-state index contributed by atoms with van der Waals surface area (Å²) in [5, 5.41) is 3.21. The monoisotopic (exact) mass is 251 g/mol. The number of nitrogens with zero attached hydrogens (tertiary/aromatic N) is 2. The third-order valence-corrected chi connectivity index (χ3v) is 2.45. The molecule has 0 fully saturated rings. The Kier molecular flexibility index (Phi) is 2.54. The zero-order chi connectivity index (χ0) is 9.97. The van der Waals surface area contributed by atoms with Gasteiger partial charge in [0.25, 0.3) is 0 Å². The molecule has 0 aliphatic carbocycles. The van der Waals surface area contributed by atoms with Crippen molar-refractivity contribution in [3.8, 4) is 0 Å². The number of aryl methyl sites for hydroxylation is 1. The first-order valence-electron chi connectivity index (χ1n) is 4.25. The maximum Gasteiger partial charge on any atom is 0.207 e. The topological polar surface area (TPSA) is 29.9 Å². The molecule has 72 valence electrons. The molecule has 4 heteroatoms. The minimum atomic E-state index is 0.840. The van der Waals surface area contributed by atoms with E-state index in [0.717, 1.165) is 16.1 Å². The van der Waals surface area contributed by atoms with Gasteiger partial charge in [-0.15, -0.1) is 0 Å². The van der Waals surface area contributed by atoms with E-state index in [4.69, 9.17) is 0 Å². The van der Waals surface area contributed by atoms with E-state index in [1.165, 1.54) is 0 Å². The van der Waals surface area contributed by atoms with Gasteiger partial charge in [-0.25, -0.2) is 4.98 Å². The number of aromatic nitrogens is 2. The largest absolute Gasteiger partial charge is 0.326 e. The Hall–Kier alpha value is -1.29. The van der Waals surface area contributed by atoms with E-state index >= 15 is 0 Å². The van der Waals surface area contributed by atoms with Crippen LogP contribution in [0.5, 0.6) is 0 Å². The van der Waals surface area contributed by atoms with Crippen molar-refractivity contribution in [1.82, 2.24) is 9.55 Å². The fourth-order valence-corrected chi connectivity index (χ4v) is 1.41. The van der Waals surface area contributed by atoms with Gasteiger partial charge in [-0.2, -0.15) is 0 Å². The van der Waals surface area contributed by atoms with Gasteiger partial charge in [-0.3, -0.25) is 0 Å². The molecule has 1 heterocycles. The number of hydrogen-bond donors (Lipinski definition) is 1. The lowest BCUT2D eigenvalue weighted by molar-refractivity contribution is 0.924. The van der Waals surface area contributed by atoms with Crippen LogP contribution in [0.3, 0.4) is 0 Å². The van der Waals surface area contributed by atoms with Crippen molar-refractivity contribution in [3.63, 3.8) is 0 Å². The normalized spacial score (nSPS) is 10.1. The Bertz CT molecular complexity index is 419. The second kappa shape index (κ2) is 3.84. The summed E-state index contributed by atoms with van der Waals surface area (Å²) in [5.41, 5.74) is 1.03. The zero-order valence-electron chi connectivity index (χ0n) is 7.74. The average Bonchev–Trinajstić information content (AvgIpc) is 2.56. The third kappa shape index (κ3) is 1.96. The highest BCUT2D eigenvalue weighted by Gasteiger charge is 1.98. The van der Waals surface area contributed by atoms with Gasteiger partial charge in [0.05, 0.1) is 0 Å². The molecule has 1 aromatic carbocycles. The highest BCUT2D eigenvalue weighted by Crippen LogP contribution is 2.17. The fraction of sp³-hybridized carbons (Fsp3) is 0.100. The molecule has 0 saturated heterocycles. The molecule has 1 aromatic heterocycles. The van der Waals surface area contributed by atoms with E-state index < -0.39 is 0 Å². The van der Waals surface area contributed by atoms with Crippen molar-refractivity contribution in [2.24, 2.45) is 7.05 Å². The minimum Gasteiger partial charge on any atom is -0.326 e. The van der Waals surface area contributed by atoms with Crippen LogP contribution in [0.15, 0.2) is 41.1 Å². The van der Waals surface area contributed by atoms with E-state index in [1.54, 1.807) is 6.20 Å². The molecule has 0 bridgehead atoms. The second-order valence-corrected chi connectivity index (χ2v) is 3.91. The maximum absolute atomic E-state index is 4.17. The quantitative estimate of drug-likeness (QED) is 0.890. The van der Waals surface area contributed by atoms with Gasteiger partial charge in [-0.05, 0) is 24.3 Å². The Morgan fingerprint density at radius 3 is 2.57 bits per heavy atom. The molecule has 2 rings (SSSR count). The Morgan fingerprint density at radius 1 is 1.29 bits per heavy atom. The smallest absolute Gasteiger partial charge is 0.207 e. The molecule has 0 saturated carbocycles. The van der Waals surface area contributed by atoms with Gasteiger partial charge >= 0.3 is 0 Å². The Morgan fingerprint density at radius 2 is 2.00 bits per heavy atom. The van der Waals surface area contributed by atoms with E-state index in [-0.39, 0.29) is 0 Å². The second-order valence-electron chi connectivity index (χ2n) is 2.99. The minimum absolute atomic E-state index is 0.840. The number of halogens is 1. The molecule has 1 N–H and O–H groups in total. The molecule has 0 atom stereocenters. The lowest BCUT2D eigenvalue weighted by Crippen LogP contribution is -1.97. The van der Waals surface area contributed by atoms with Crippen molar-refractivity contribution in [1.29, 1.82) is 0 Å². The molecule has 0 unspecified atom stereocenters. The Labute approximate surface area is 90.9 Å². The predicted octanol–water partition coefficient (Wildman–Crippen LogP) is 2.93. The molecule has 0 spiro atoms. The summed E-state index contributed by atoms with van der Waals surface area (Å²) in [7, 11) is 1.95. The number of rotatable bonds is 2. The fourth-order valence-electron chi connectivity index (χ4n) is 1.15. The number of imidazole rings is 1. The average molecular weight is 252 g/mol. The molecule has 0 aliphatic rings. The van der Waals surface area contributed by atoms with Crippen LogP contribution in [0.2, 0.25) is 0 Å². The molecular weight excluding hydrogens is 242 g/mol. The van der Waals surface area contributed by atoms with Crippen LogP contribution in [0, 0.1) is 0 Å². The first kappa shape index (κ1) is 9.27. The van der Waals surface area contributed by atoms with E-state index in [9.17, 15) is 0 Å². The molecule has 3 nitrogen and oxygen atoms in total.